The third-order valence-electron chi connectivity index (χ3n) is 2.98. The average molecular weight is 427 g/mol. The molecule has 0 aromatic carbocycles. The van der Waals surface area contributed by atoms with Crippen LogP contribution in [0.2, 0.25) is 0 Å². The molecule has 0 unspecified atom stereocenters. The minimum absolute atomic E-state index is 0. The number of alkyl halides is 1. The van der Waals surface area contributed by atoms with Crippen LogP contribution in [0.5, 0.6) is 0 Å². The lowest BCUT2D eigenvalue weighted by molar-refractivity contribution is -0.684. The van der Waals surface area contributed by atoms with Gasteiger partial charge in [0.15, 0.2) is 29.7 Å². The van der Waals surface area contributed by atoms with Crippen molar-refractivity contribution in [3.63, 3.8) is 0 Å². The molecular weight excluding hydrogens is 403 g/mol. The van der Waals surface area contributed by atoms with Crippen LogP contribution in [-0.4, -0.2) is 34.0 Å². The number of Topliss-reactive ketones (excluding diaryl/α,β-unsaturated/α-hetero) is 4. The zero-order valence-corrected chi connectivity index (χ0v) is 17.8. The Bertz CT molecular complexity index is 764. The van der Waals surface area contributed by atoms with Gasteiger partial charge in [-0.15, -0.1) is 11.6 Å². The van der Waals surface area contributed by atoms with Crippen LogP contribution in [-0.2, 0) is 16.1 Å². The second-order valence-electron chi connectivity index (χ2n) is 5.65. The normalized spacial score (nSPS) is 8.75. The maximum atomic E-state index is 10.9. The molecule has 2 heterocycles. The first-order chi connectivity index (χ1) is 12.7. The Labute approximate surface area is 176 Å². The summed E-state index contributed by atoms with van der Waals surface area (Å²) in [5.74, 6) is 0.375. The number of carbonyl (C=O) groups excluding carboxylic acids is 4. The van der Waals surface area contributed by atoms with Crippen molar-refractivity contribution < 1.29 is 36.2 Å². The van der Waals surface area contributed by atoms with Crippen LogP contribution >= 0.6 is 11.6 Å². The minimum atomic E-state index is 0. The van der Waals surface area contributed by atoms with Gasteiger partial charge in [0.05, 0.1) is 5.88 Å². The molecule has 0 amide bonds. The number of ketones is 4. The van der Waals surface area contributed by atoms with Crippen LogP contribution in [0, 0.1) is 0 Å². The van der Waals surface area contributed by atoms with E-state index in [-0.39, 0.29) is 41.4 Å². The molecule has 28 heavy (non-hydrogen) atoms. The molecule has 8 heteroatoms. The summed E-state index contributed by atoms with van der Waals surface area (Å²) >= 11 is 4.99. The number of nitrogens with zero attached hydrogens (tertiary/aromatic N) is 2. The Balaban J connectivity index is 0. The third kappa shape index (κ3) is 13.7. The van der Waals surface area contributed by atoms with Gasteiger partial charge in [0, 0.05) is 42.6 Å². The SMILES string of the molecule is CC(=O)CCl.CC(=O)C[n+]1ccc(C(C)=O)cc1.CC(=O)c1ccncc1.[Cl-]. The Hall–Kier alpha value is -2.44. The molecule has 0 spiro atoms. The first kappa shape index (κ1) is 27.8. The average Bonchev–Trinajstić information content (AvgIpc) is 2.63. The summed E-state index contributed by atoms with van der Waals surface area (Å²) in [7, 11) is 0. The lowest BCUT2D eigenvalue weighted by Gasteiger charge is -1.94. The van der Waals surface area contributed by atoms with Crippen LogP contribution in [0.3, 0.4) is 0 Å². The number of carbonyl (C=O) groups is 4. The van der Waals surface area contributed by atoms with Gasteiger partial charge in [-0.1, -0.05) is 0 Å². The van der Waals surface area contributed by atoms with E-state index in [1.807, 2.05) is 0 Å². The summed E-state index contributed by atoms with van der Waals surface area (Å²) < 4.78 is 1.74. The Kier molecular flexibility index (Phi) is 15.5. The highest BCUT2D eigenvalue weighted by Crippen LogP contribution is 1.96. The predicted molar refractivity (Wildman–Crippen MR) is 103 cm³/mol. The van der Waals surface area contributed by atoms with Crippen molar-refractivity contribution in [3.05, 3.63) is 60.2 Å². The maximum Gasteiger partial charge on any atom is 0.206 e. The van der Waals surface area contributed by atoms with Crippen LogP contribution in [0.25, 0.3) is 0 Å². The van der Waals surface area contributed by atoms with E-state index in [1.54, 1.807) is 53.6 Å². The molecule has 0 aliphatic heterocycles. The topological polar surface area (TPSA) is 85.0 Å². The van der Waals surface area contributed by atoms with Gasteiger partial charge in [-0.05, 0) is 32.9 Å². The summed E-state index contributed by atoms with van der Waals surface area (Å²) in [6.45, 7) is 6.40. The largest absolute Gasteiger partial charge is 1.00 e. The number of hydrogen-bond donors (Lipinski definition) is 0. The number of hydrogen-bond acceptors (Lipinski definition) is 5. The molecule has 0 N–H and O–H groups in total. The number of rotatable bonds is 5. The van der Waals surface area contributed by atoms with Crippen molar-refractivity contribution in [3.8, 4) is 0 Å². The molecule has 0 saturated heterocycles. The molecule has 2 rings (SSSR count). The molecular formula is C20H24Cl2N2O4. The van der Waals surface area contributed by atoms with E-state index < -0.39 is 0 Å². The first-order valence-electron chi connectivity index (χ1n) is 8.13. The summed E-state index contributed by atoms with van der Waals surface area (Å²) in [6, 6.07) is 6.82. The standard InChI is InChI=1S/C10H12NO2.C7H7NO.C3H5ClO.ClH/c1-8(12)7-11-5-3-10(4-6-11)9(2)13;1-6(9)7-2-4-8-5-3-7;1-3(5)2-4;/h3-6H,7H2,1-2H3;2-5H,1H3;2H2,1H3;1H/q+1;;;/p-1. The number of halogens is 2. The lowest BCUT2D eigenvalue weighted by Crippen LogP contribution is -3.00. The van der Waals surface area contributed by atoms with Gasteiger partial charge in [0.25, 0.3) is 0 Å². The fraction of sp³-hybridized carbons (Fsp3) is 0.300. The zero-order chi connectivity index (χ0) is 20.8. The van der Waals surface area contributed by atoms with Crippen LogP contribution < -0.4 is 17.0 Å². The number of aromatic nitrogens is 2. The first-order valence-corrected chi connectivity index (χ1v) is 8.66. The second-order valence-corrected chi connectivity index (χ2v) is 5.91. The monoisotopic (exact) mass is 426 g/mol. The van der Waals surface area contributed by atoms with E-state index in [0.29, 0.717) is 17.7 Å². The van der Waals surface area contributed by atoms with Crippen LogP contribution in [0.4, 0.5) is 0 Å². The van der Waals surface area contributed by atoms with Crippen molar-refractivity contribution in [1.82, 2.24) is 4.98 Å². The molecule has 0 saturated carbocycles. The maximum absolute atomic E-state index is 10.9. The highest BCUT2D eigenvalue weighted by molar-refractivity contribution is 6.27. The Morgan fingerprint density at radius 2 is 1.21 bits per heavy atom. The van der Waals surface area contributed by atoms with Crippen LogP contribution in [0.15, 0.2) is 49.1 Å². The van der Waals surface area contributed by atoms with Crippen molar-refractivity contribution in [1.29, 1.82) is 0 Å². The summed E-state index contributed by atoms with van der Waals surface area (Å²) in [5.41, 5.74) is 1.38. The van der Waals surface area contributed by atoms with Gasteiger partial charge in [0.2, 0.25) is 6.54 Å². The quantitative estimate of drug-likeness (QED) is 0.377. The van der Waals surface area contributed by atoms with E-state index >= 15 is 0 Å². The Morgan fingerprint density at radius 1 is 0.821 bits per heavy atom. The molecule has 2 aromatic heterocycles. The van der Waals surface area contributed by atoms with Gasteiger partial charge < -0.3 is 12.4 Å². The molecule has 6 nitrogen and oxygen atoms in total. The Morgan fingerprint density at radius 3 is 1.50 bits per heavy atom. The van der Waals surface area contributed by atoms with E-state index in [0.717, 1.165) is 0 Å². The van der Waals surface area contributed by atoms with E-state index in [1.165, 1.54) is 27.7 Å². The minimum Gasteiger partial charge on any atom is -1.00 e. The van der Waals surface area contributed by atoms with Gasteiger partial charge in [-0.3, -0.25) is 24.2 Å². The fourth-order valence-electron chi connectivity index (χ4n) is 1.64. The molecule has 2 aromatic rings. The molecule has 0 aliphatic rings. The summed E-state index contributed by atoms with van der Waals surface area (Å²) in [4.78, 5) is 45.7. The third-order valence-corrected chi connectivity index (χ3v) is 3.35. The predicted octanol–water partition coefficient (Wildman–Crippen LogP) is -0.132. The molecule has 0 atom stereocenters. The summed E-state index contributed by atoms with van der Waals surface area (Å²) in [6.07, 6.45) is 6.68. The molecule has 0 fully saturated rings. The van der Waals surface area contributed by atoms with E-state index in [4.69, 9.17) is 11.6 Å². The second kappa shape index (κ2) is 15.6. The zero-order valence-electron chi connectivity index (χ0n) is 16.3. The summed E-state index contributed by atoms with van der Waals surface area (Å²) in [5, 5.41) is 0. The van der Waals surface area contributed by atoms with Crippen molar-refractivity contribution in [2.24, 2.45) is 0 Å². The highest BCUT2D eigenvalue weighted by atomic mass is 35.5. The molecule has 0 aliphatic carbocycles. The molecule has 0 bridgehead atoms. The van der Waals surface area contributed by atoms with Crippen molar-refractivity contribution in [2.45, 2.75) is 34.2 Å². The van der Waals surface area contributed by atoms with Crippen molar-refractivity contribution >= 4 is 34.7 Å². The van der Waals surface area contributed by atoms with Crippen LogP contribution in [0.1, 0.15) is 48.4 Å². The lowest BCUT2D eigenvalue weighted by atomic mass is 10.2. The number of pyridine rings is 2. The fourth-order valence-corrected chi connectivity index (χ4v) is 1.64. The van der Waals surface area contributed by atoms with Gasteiger partial charge in [-0.2, -0.15) is 4.57 Å². The van der Waals surface area contributed by atoms with Gasteiger partial charge in [-0.25, -0.2) is 0 Å². The molecule has 152 valence electrons. The highest BCUT2D eigenvalue weighted by Gasteiger charge is 2.05. The van der Waals surface area contributed by atoms with Gasteiger partial charge in [0.1, 0.15) is 5.78 Å². The van der Waals surface area contributed by atoms with Gasteiger partial charge >= 0.3 is 0 Å². The smallest absolute Gasteiger partial charge is 0.206 e. The van der Waals surface area contributed by atoms with Crippen molar-refractivity contribution in [2.75, 3.05) is 5.88 Å². The van der Waals surface area contributed by atoms with E-state index in [9.17, 15) is 19.2 Å². The van der Waals surface area contributed by atoms with E-state index in [2.05, 4.69) is 4.98 Å². The molecule has 0 radical (unpaired) electrons.